The van der Waals surface area contributed by atoms with Crippen LogP contribution in [0.2, 0.25) is 0 Å². The maximum Gasteiger partial charge on any atom is 0.256 e. The highest BCUT2D eigenvalue weighted by Crippen LogP contribution is 2.25. The van der Waals surface area contributed by atoms with E-state index in [4.69, 9.17) is 9.47 Å². The van der Waals surface area contributed by atoms with Gasteiger partial charge in [-0.05, 0) is 56.4 Å². The van der Waals surface area contributed by atoms with Crippen molar-refractivity contribution in [2.75, 3.05) is 18.5 Å². The minimum absolute atomic E-state index is 0.0898. The van der Waals surface area contributed by atoms with Gasteiger partial charge in [-0.25, -0.2) is 0 Å². The van der Waals surface area contributed by atoms with E-state index in [2.05, 4.69) is 26.1 Å². The monoisotopic (exact) mass is 335 g/mol. The van der Waals surface area contributed by atoms with Gasteiger partial charge in [0.05, 0.1) is 6.61 Å². The Bertz CT molecular complexity index is 528. The fourth-order valence-electron chi connectivity index (χ4n) is 2.46. The zero-order valence-corrected chi connectivity index (χ0v) is 16.1. The Labute approximate surface area is 146 Å². The Morgan fingerprint density at radius 3 is 2.50 bits per heavy atom. The highest BCUT2D eigenvalue weighted by atomic mass is 16.5. The van der Waals surface area contributed by atoms with Gasteiger partial charge in [0.15, 0.2) is 0 Å². The first-order chi connectivity index (χ1) is 11.3. The van der Waals surface area contributed by atoms with E-state index in [9.17, 15) is 4.79 Å². The molecule has 0 fully saturated rings. The van der Waals surface area contributed by atoms with Crippen LogP contribution in [0.15, 0.2) is 18.2 Å². The number of amides is 1. The van der Waals surface area contributed by atoms with E-state index in [0.717, 1.165) is 29.8 Å². The summed E-state index contributed by atoms with van der Waals surface area (Å²) in [6.45, 7) is 13.5. The zero-order chi connectivity index (χ0) is 18.2. The lowest BCUT2D eigenvalue weighted by Crippen LogP contribution is -2.43. The average molecular weight is 335 g/mol. The molecule has 1 atom stereocenters. The van der Waals surface area contributed by atoms with Crippen LogP contribution in [0.3, 0.4) is 0 Å². The lowest BCUT2D eigenvalue weighted by molar-refractivity contribution is -0.140. The molecule has 24 heavy (non-hydrogen) atoms. The van der Waals surface area contributed by atoms with Crippen molar-refractivity contribution in [1.82, 2.24) is 0 Å². The minimum atomic E-state index is -0.786. The quantitative estimate of drug-likeness (QED) is 0.658. The number of rotatable bonds is 10. The third kappa shape index (κ3) is 6.16. The molecule has 4 heteroatoms. The van der Waals surface area contributed by atoms with Crippen LogP contribution in [-0.2, 0) is 9.53 Å². The molecule has 0 radical (unpaired) electrons. The minimum Gasteiger partial charge on any atom is -0.493 e. The molecule has 1 aromatic carbocycles. The topological polar surface area (TPSA) is 47.6 Å². The number of hydrogen-bond donors (Lipinski definition) is 1. The summed E-state index contributed by atoms with van der Waals surface area (Å²) < 4.78 is 11.6. The van der Waals surface area contributed by atoms with Crippen LogP contribution in [0, 0.1) is 12.8 Å². The fourth-order valence-corrected chi connectivity index (χ4v) is 2.46. The molecule has 0 heterocycles. The zero-order valence-electron chi connectivity index (χ0n) is 16.1. The molecule has 0 aromatic heterocycles. The first-order valence-electron chi connectivity index (χ1n) is 9.01. The average Bonchev–Trinajstić information content (AvgIpc) is 2.52. The standard InChI is InChI=1S/C20H33NO3/c1-7-11-20(6,24-12-8-2)19(22)21-17-9-10-18(16(5)13-17)23-14-15(3)4/h9-10,13,15H,7-8,11-12,14H2,1-6H3,(H,21,22)/t20-/m0/s1. The predicted octanol–water partition coefficient (Wildman–Crippen LogP) is 4.95. The van der Waals surface area contributed by atoms with Gasteiger partial charge < -0.3 is 14.8 Å². The van der Waals surface area contributed by atoms with E-state index < -0.39 is 5.60 Å². The molecular weight excluding hydrogens is 302 g/mol. The van der Waals surface area contributed by atoms with Gasteiger partial charge in [-0.15, -0.1) is 0 Å². The van der Waals surface area contributed by atoms with Crippen molar-refractivity contribution in [3.05, 3.63) is 23.8 Å². The molecule has 4 nitrogen and oxygen atoms in total. The van der Waals surface area contributed by atoms with Gasteiger partial charge in [0, 0.05) is 12.3 Å². The van der Waals surface area contributed by atoms with E-state index in [0.29, 0.717) is 25.6 Å². The number of carbonyl (C=O) groups is 1. The third-order valence-corrected chi connectivity index (χ3v) is 3.84. The second kappa shape index (κ2) is 9.67. The SMILES string of the molecule is CCCO[C@@](C)(CCC)C(=O)Nc1ccc(OCC(C)C)c(C)c1. The Hall–Kier alpha value is -1.55. The molecule has 0 aliphatic carbocycles. The smallest absolute Gasteiger partial charge is 0.256 e. The van der Waals surface area contributed by atoms with Gasteiger partial charge in [-0.1, -0.05) is 34.1 Å². The molecule has 1 amide bonds. The molecule has 1 N–H and O–H groups in total. The summed E-state index contributed by atoms with van der Waals surface area (Å²) in [7, 11) is 0. The second-order valence-electron chi connectivity index (χ2n) is 6.97. The molecule has 0 bridgehead atoms. The number of aryl methyl sites for hydroxylation is 1. The van der Waals surface area contributed by atoms with Crippen molar-refractivity contribution in [2.24, 2.45) is 5.92 Å². The second-order valence-corrected chi connectivity index (χ2v) is 6.97. The summed E-state index contributed by atoms with van der Waals surface area (Å²) >= 11 is 0. The molecular formula is C20H33NO3. The number of ether oxygens (including phenoxy) is 2. The summed E-state index contributed by atoms with van der Waals surface area (Å²) in [6.07, 6.45) is 2.50. The van der Waals surface area contributed by atoms with Crippen LogP contribution in [0.4, 0.5) is 5.69 Å². The van der Waals surface area contributed by atoms with Gasteiger partial charge in [-0.2, -0.15) is 0 Å². The summed E-state index contributed by atoms with van der Waals surface area (Å²) in [5, 5.41) is 2.99. The van der Waals surface area contributed by atoms with E-state index in [1.807, 2.05) is 39.0 Å². The third-order valence-electron chi connectivity index (χ3n) is 3.84. The summed E-state index contributed by atoms with van der Waals surface area (Å²) in [6, 6.07) is 5.74. The van der Waals surface area contributed by atoms with Gasteiger partial charge in [-0.3, -0.25) is 4.79 Å². The fraction of sp³-hybridized carbons (Fsp3) is 0.650. The molecule has 0 spiro atoms. The van der Waals surface area contributed by atoms with Gasteiger partial charge in [0.2, 0.25) is 0 Å². The van der Waals surface area contributed by atoms with Crippen LogP contribution in [-0.4, -0.2) is 24.7 Å². The molecule has 0 saturated heterocycles. The number of anilines is 1. The van der Waals surface area contributed by atoms with Crippen LogP contribution < -0.4 is 10.1 Å². The van der Waals surface area contributed by atoms with Crippen LogP contribution in [0.5, 0.6) is 5.75 Å². The van der Waals surface area contributed by atoms with Gasteiger partial charge in [0.25, 0.3) is 5.91 Å². The molecule has 0 unspecified atom stereocenters. The van der Waals surface area contributed by atoms with E-state index in [-0.39, 0.29) is 5.91 Å². The highest BCUT2D eigenvalue weighted by molar-refractivity contribution is 5.97. The van der Waals surface area contributed by atoms with E-state index in [1.165, 1.54) is 0 Å². The molecule has 1 aromatic rings. The van der Waals surface area contributed by atoms with Crippen LogP contribution in [0.1, 0.15) is 59.4 Å². The molecule has 136 valence electrons. The van der Waals surface area contributed by atoms with Gasteiger partial charge >= 0.3 is 0 Å². The van der Waals surface area contributed by atoms with Crippen molar-refractivity contribution in [2.45, 2.75) is 66.4 Å². The summed E-state index contributed by atoms with van der Waals surface area (Å²) in [5.74, 6) is 1.25. The molecule has 0 saturated carbocycles. The normalized spacial score (nSPS) is 13.6. The van der Waals surface area contributed by atoms with E-state index in [1.54, 1.807) is 0 Å². The maximum absolute atomic E-state index is 12.7. The molecule has 1 rings (SSSR count). The van der Waals surface area contributed by atoms with Crippen molar-refractivity contribution >= 4 is 11.6 Å². The number of nitrogens with one attached hydrogen (secondary N) is 1. The summed E-state index contributed by atoms with van der Waals surface area (Å²) in [4.78, 5) is 12.7. The van der Waals surface area contributed by atoms with Crippen molar-refractivity contribution < 1.29 is 14.3 Å². The maximum atomic E-state index is 12.7. The first-order valence-corrected chi connectivity index (χ1v) is 9.01. The Kier molecular flexibility index (Phi) is 8.26. The lowest BCUT2D eigenvalue weighted by Gasteiger charge is -2.28. The highest BCUT2D eigenvalue weighted by Gasteiger charge is 2.33. The summed E-state index contributed by atoms with van der Waals surface area (Å²) in [5.41, 5.74) is 1.00. The Balaban J connectivity index is 2.79. The van der Waals surface area contributed by atoms with Crippen molar-refractivity contribution in [3.8, 4) is 5.75 Å². The predicted molar refractivity (Wildman–Crippen MR) is 99.7 cm³/mol. The largest absolute Gasteiger partial charge is 0.493 e. The van der Waals surface area contributed by atoms with Crippen LogP contribution >= 0.6 is 0 Å². The van der Waals surface area contributed by atoms with Crippen molar-refractivity contribution in [3.63, 3.8) is 0 Å². The lowest BCUT2D eigenvalue weighted by atomic mass is 9.98. The van der Waals surface area contributed by atoms with Crippen molar-refractivity contribution in [1.29, 1.82) is 0 Å². The Morgan fingerprint density at radius 1 is 1.25 bits per heavy atom. The molecule has 0 aliphatic heterocycles. The number of hydrogen-bond acceptors (Lipinski definition) is 3. The number of carbonyl (C=O) groups excluding carboxylic acids is 1. The Morgan fingerprint density at radius 2 is 1.96 bits per heavy atom. The first kappa shape index (κ1) is 20.5. The molecule has 0 aliphatic rings. The van der Waals surface area contributed by atoms with E-state index >= 15 is 0 Å². The van der Waals surface area contributed by atoms with Gasteiger partial charge in [0.1, 0.15) is 11.4 Å². The van der Waals surface area contributed by atoms with Crippen LogP contribution in [0.25, 0.3) is 0 Å². The number of benzene rings is 1.